The highest BCUT2D eigenvalue weighted by Gasteiger charge is 2.07. The van der Waals surface area contributed by atoms with Crippen molar-refractivity contribution in [1.29, 1.82) is 5.26 Å². The highest BCUT2D eigenvalue weighted by atomic mass is 35.5. The summed E-state index contributed by atoms with van der Waals surface area (Å²) < 4.78 is 0. The number of halogens is 1. The summed E-state index contributed by atoms with van der Waals surface area (Å²) in [7, 11) is 0. The van der Waals surface area contributed by atoms with E-state index in [4.69, 9.17) is 16.9 Å². The van der Waals surface area contributed by atoms with Crippen LogP contribution in [0.4, 0.5) is 0 Å². The summed E-state index contributed by atoms with van der Waals surface area (Å²) in [6, 6.07) is 3.65. The van der Waals surface area contributed by atoms with Gasteiger partial charge in [0.05, 0.1) is 5.56 Å². The van der Waals surface area contributed by atoms with Crippen LogP contribution in [0.25, 0.3) is 11.0 Å². The lowest BCUT2D eigenvalue weighted by Crippen LogP contribution is -1.83. The van der Waals surface area contributed by atoms with Crippen LogP contribution in [0.3, 0.4) is 0 Å². The highest BCUT2D eigenvalue weighted by molar-refractivity contribution is 6.30. The van der Waals surface area contributed by atoms with Gasteiger partial charge in [0, 0.05) is 11.1 Å². The molecular weight excluding hydrogens is 188 g/mol. The third kappa shape index (κ3) is 1.14. The van der Waals surface area contributed by atoms with Crippen molar-refractivity contribution in [3.63, 3.8) is 0 Å². The number of hydrogen-bond acceptors (Lipinski definition) is 3. The summed E-state index contributed by atoms with van der Waals surface area (Å²) in [6.07, 6.45) is 0. The van der Waals surface area contributed by atoms with Crippen molar-refractivity contribution >= 4 is 22.6 Å². The van der Waals surface area contributed by atoms with Gasteiger partial charge in [0.2, 0.25) is 0 Å². The Balaban J connectivity index is 2.86. The first kappa shape index (κ1) is 8.02. The second-order valence-electron chi connectivity index (χ2n) is 2.66. The van der Waals surface area contributed by atoms with Crippen LogP contribution in [-0.2, 0) is 0 Å². The zero-order valence-electron chi connectivity index (χ0n) is 6.80. The van der Waals surface area contributed by atoms with E-state index in [1.807, 2.05) is 13.0 Å². The number of pyridine rings is 1. The predicted octanol–water partition coefficient (Wildman–Crippen LogP) is 1.79. The fourth-order valence-electron chi connectivity index (χ4n) is 1.12. The van der Waals surface area contributed by atoms with Crippen molar-refractivity contribution in [3.8, 4) is 6.07 Å². The van der Waals surface area contributed by atoms with Crippen LogP contribution in [0.1, 0.15) is 11.3 Å². The standard InChI is InChI=1S/C8H5ClN4/c1-4-6-2-5(3-10)7(9)11-8(6)13-12-4/h2H,1H3,(H,11,12,13). The number of aromatic amines is 1. The van der Waals surface area contributed by atoms with Gasteiger partial charge in [-0.15, -0.1) is 0 Å². The summed E-state index contributed by atoms with van der Waals surface area (Å²) >= 11 is 5.73. The Morgan fingerprint density at radius 2 is 2.38 bits per heavy atom. The van der Waals surface area contributed by atoms with Crippen molar-refractivity contribution < 1.29 is 0 Å². The largest absolute Gasteiger partial charge is 0.280 e. The molecule has 0 saturated heterocycles. The molecule has 0 unspecified atom stereocenters. The molecule has 4 nitrogen and oxygen atoms in total. The van der Waals surface area contributed by atoms with Gasteiger partial charge < -0.3 is 0 Å². The Morgan fingerprint density at radius 3 is 3.08 bits per heavy atom. The Bertz CT molecular complexity index is 509. The molecule has 2 aromatic heterocycles. The summed E-state index contributed by atoms with van der Waals surface area (Å²) in [4.78, 5) is 3.97. The van der Waals surface area contributed by atoms with Gasteiger partial charge in [-0.25, -0.2) is 4.98 Å². The molecule has 5 heteroatoms. The van der Waals surface area contributed by atoms with Crippen LogP contribution in [0, 0.1) is 18.3 Å². The minimum absolute atomic E-state index is 0.196. The molecule has 2 aromatic rings. The van der Waals surface area contributed by atoms with Gasteiger partial charge in [-0.3, -0.25) is 5.10 Å². The lowest BCUT2D eigenvalue weighted by Gasteiger charge is -1.93. The van der Waals surface area contributed by atoms with Gasteiger partial charge in [-0.1, -0.05) is 11.6 Å². The van der Waals surface area contributed by atoms with E-state index in [1.54, 1.807) is 6.07 Å². The molecule has 2 heterocycles. The molecule has 0 fully saturated rings. The zero-order valence-corrected chi connectivity index (χ0v) is 7.55. The number of nitrogens with one attached hydrogen (secondary N) is 1. The molecule has 0 spiro atoms. The SMILES string of the molecule is Cc1[nH]nc2nc(Cl)c(C#N)cc12. The Hall–Kier alpha value is -1.60. The summed E-state index contributed by atoms with van der Waals surface area (Å²) in [5.74, 6) is 0. The number of hydrogen-bond donors (Lipinski definition) is 1. The van der Waals surface area contributed by atoms with Crippen LogP contribution >= 0.6 is 11.6 Å². The van der Waals surface area contributed by atoms with E-state index in [1.165, 1.54) is 0 Å². The van der Waals surface area contributed by atoms with Crippen molar-refractivity contribution in [3.05, 3.63) is 22.5 Å². The van der Waals surface area contributed by atoms with E-state index in [0.717, 1.165) is 11.1 Å². The topological polar surface area (TPSA) is 65.4 Å². The number of nitrogens with zero attached hydrogens (tertiary/aromatic N) is 3. The minimum Gasteiger partial charge on any atom is -0.280 e. The molecule has 0 atom stereocenters. The monoisotopic (exact) mass is 192 g/mol. The van der Waals surface area contributed by atoms with Crippen molar-refractivity contribution in [2.75, 3.05) is 0 Å². The summed E-state index contributed by atoms with van der Waals surface area (Å²) in [6.45, 7) is 1.87. The molecule has 0 radical (unpaired) electrons. The van der Waals surface area contributed by atoms with Crippen molar-refractivity contribution in [2.45, 2.75) is 6.92 Å². The van der Waals surface area contributed by atoms with Gasteiger partial charge in [0.1, 0.15) is 11.2 Å². The summed E-state index contributed by atoms with van der Waals surface area (Å²) in [5.41, 5.74) is 1.80. The number of fused-ring (bicyclic) bond motifs is 1. The van der Waals surface area contributed by atoms with E-state index in [-0.39, 0.29) is 5.15 Å². The normalized spacial score (nSPS) is 10.2. The van der Waals surface area contributed by atoms with Gasteiger partial charge in [0.15, 0.2) is 5.65 Å². The third-order valence-electron chi connectivity index (χ3n) is 1.81. The molecule has 2 rings (SSSR count). The molecule has 1 N–H and O–H groups in total. The second-order valence-corrected chi connectivity index (χ2v) is 3.02. The molecule has 13 heavy (non-hydrogen) atoms. The van der Waals surface area contributed by atoms with E-state index < -0.39 is 0 Å². The van der Waals surface area contributed by atoms with Crippen LogP contribution in [-0.4, -0.2) is 15.2 Å². The van der Waals surface area contributed by atoms with E-state index >= 15 is 0 Å². The lowest BCUT2D eigenvalue weighted by atomic mass is 10.2. The molecule has 0 amide bonds. The molecule has 64 valence electrons. The number of aryl methyl sites for hydroxylation is 1. The average Bonchev–Trinajstić information content (AvgIpc) is 2.46. The zero-order chi connectivity index (χ0) is 9.42. The quantitative estimate of drug-likeness (QED) is 0.648. The average molecular weight is 193 g/mol. The Kier molecular flexibility index (Phi) is 1.67. The van der Waals surface area contributed by atoms with Gasteiger partial charge >= 0.3 is 0 Å². The van der Waals surface area contributed by atoms with E-state index in [9.17, 15) is 0 Å². The smallest absolute Gasteiger partial charge is 0.182 e. The number of rotatable bonds is 0. The van der Waals surface area contributed by atoms with E-state index in [0.29, 0.717) is 11.2 Å². The maximum absolute atomic E-state index is 8.70. The Morgan fingerprint density at radius 1 is 1.62 bits per heavy atom. The third-order valence-corrected chi connectivity index (χ3v) is 2.10. The van der Waals surface area contributed by atoms with Gasteiger partial charge in [-0.2, -0.15) is 10.4 Å². The fraction of sp³-hybridized carbons (Fsp3) is 0.125. The predicted molar refractivity (Wildman–Crippen MR) is 48.4 cm³/mol. The molecule has 0 aliphatic carbocycles. The molecule has 0 aliphatic heterocycles. The maximum atomic E-state index is 8.70. The van der Waals surface area contributed by atoms with E-state index in [2.05, 4.69) is 15.2 Å². The highest BCUT2D eigenvalue weighted by Crippen LogP contribution is 2.20. The number of aromatic nitrogens is 3. The molecule has 0 bridgehead atoms. The first-order valence-electron chi connectivity index (χ1n) is 3.63. The van der Waals surface area contributed by atoms with Crippen molar-refractivity contribution in [1.82, 2.24) is 15.2 Å². The molecule has 0 aliphatic rings. The number of H-pyrrole nitrogens is 1. The minimum atomic E-state index is 0.196. The van der Waals surface area contributed by atoms with Gasteiger partial charge in [-0.05, 0) is 13.0 Å². The lowest BCUT2D eigenvalue weighted by molar-refractivity contribution is 1.05. The molecular formula is C8H5ClN4. The molecule has 0 aromatic carbocycles. The van der Waals surface area contributed by atoms with Crippen LogP contribution in [0.15, 0.2) is 6.07 Å². The van der Waals surface area contributed by atoms with Gasteiger partial charge in [0.25, 0.3) is 0 Å². The summed E-state index contributed by atoms with van der Waals surface area (Å²) in [5, 5.41) is 16.4. The van der Waals surface area contributed by atoms with Crippen LogP contribution in [0.5, 0.6) is 0 Å². The number of nitriles is 1. The first-order chi connectivity index (χ1) is 6.22. The van der Waals surface area contributed by atoms with Crippen LogP contribution in [0.2, 0.25) is 5.15 Å². The fourth-order valence-corrected chi connectivity index (χ4v) is 1.30. The van der Waals surface area contributed by atoms with Crippen molar-refractivity contribution in [2.24, 2.45) is 0 Å². The second kappa shape index (κ2) is 2.71. The molecule has 0 saturated carbocycles. The maximum Gasteiger partial charge on any atom is 0.182 e. The Labute approximate surface area is 79.2 Å². The first-order valence-corrected chi connectivity index (χ1v) is 4.01. The van der Waals surface area contributed by atoms with Crippen LogP contribution < -0.4 is 0 Å².